The maximum absolute atomic E-state index is 12.4. The molecule has 0 radical (unpaired) electrons. The second kappa shape index (κ2) is 6.92. The number of aliphatic carboxylic acids is 1. The Kier molecular flexibility index (Phi) is 5.23. The molecule has 108 valence electrons. The molecule has 2 saturated carbocycles. The molecular formula is C15H25NO3. The molecule has 2 aliphatic carbocycles. The molecule has 0 saturated heterocycles. The van der Waals surface area contributed by atoms with Gasteiger partial charge in [0.05, 0.1) is 0 Å². The molecule has 0 aromatic carbocycles. The van der Waals surface area contributed by atoms with E-state index in [2.05, 4.69) is 0 Å². The Morgan fingerprint density at radius 1 is 0.947 bits per heavy atom. The molecule has 0 aromatic heterocycles. The molecule has 1 amide bonds. The van der Waals surface area contributed by atoms with Gasteiger partial charge in [0, 0.05) is 12.5 Å². The molecule has 0 aliphatic heterocycles. The predicted molar refractivity (Wildman–Crippen MR) is 72.8 cm³/mol. The van der Waals surface area contributed by atoms with Gasteiger partial charge in [0.25, 0.3) is 0 Å². The highest BCUT2D eigenvalue weighted by molar-refractivity contribution is 5.81. The van der Waals surface area contributed by atoms with Crippen LogP contribution in [-0.2, 0) is 9.59 Å². The molecule has 0 aromatic rings. The van der Waals surface area contributed by atoms with E-state index in [1.807, 2.05) is 0 Å². The second-order valence-electron chi connectivity index (χ2n) is 6.06. The van der Waals surface area contributed by atoms with Crippen LogP contribution in [0.3, 0.4) is 0 Å². The van der Waals surface area contributed by atoms with Crippen molar-refractivity contribution in [3.05, 3.63) is 0 Å². The zero-order valence-corrected chi connectivity index (χ0v) is 11.6. The van der Waals surface area contributed by atoms with Crippen LogP contribution in [0.5, 0.6) is 0 Å². The van der Waals surface area contributed by atoms with Crippen molar-refractivity contribution in [2.24, 2.45) is 5.92 Å². The summed E-state index contributed by atoms with van der Waals surface area (Å²) in [5.74, 6) is -0.330. The van der Waals surface area contributed by atoms with Crippen LogP contribution in [0.15, 0.2) is 0 Å². The zero-order chi connectivity index (χ0) is 13.7. The van der Waals surface area contributed by atoms with Crippen LogP contribution in [0.25, 0.3) is 0 Å². The Morgan fingerprint density at radius 2 is 1.53 bits per heavy atom. The lowest BCUT2D eigenvalue weighted by Crippen LogP contribution is -2.43. The van der Waals surface area contributed by atoms with Crippen molar-refractivity contribution in [1.29, 1.82) is 0 Å². The molecular weight excluding hydrogens is 242 g/mol. The number of carboxylic acids is 1. The molecule has 0 unspecified atom stereocenters. The monoisotopic (exact) mass is 267 g/mol. The average molecular weight is 267 g/mol. The summed E-state index contributed by atoms with van der Waals surface area (Å²) < 4.78 is 0. The number of carboxylic acid groups (broad SMARTS) is 1. The largest absolute Gasteiger partial charge is 0.480 e. The summed E-state index contributed by atoms with van der Waals surface area (Å²) in [5, 5.41) is 9.01. The molecule has 0 spiro atoms. The standard InChI is InChI=1S/C15H25NO3/c17-14(10-12-6-2-1-3-7-12)16(11-15(18)19)13-8-4-5-9-13/h12-13H,1-11H2,(H,18,19). The molecule has 1 N–H and O–H groups in total. The van der Waals surface area contributed by atoms with E-state index in [1.54, 1.807) is 4.90 Å². The fraction of sp³-hybridized carbons (Fsp3) is 0.867. The Hall–Kier alpha value is -1.06. The van der Waals surface area contributed by atoms with E-state index in [0.29, 0.717) is 12.3 Å². The summed E-state index contributed by atoms with van der Waals surface area (Å²) in [6.07, 6.45) is 10.8. The molecule has 19 heavy (non-hydrogen) atoms. The predicted octanol–water partition coefficient (Wildman–Crippen LogP) is 2.81. The van der Waals surface area contributed by atoms with Crippen LogP contribution in [0.4, 0.5) is 0 Å². The summed E-state index contributed by atoms with van der Waals surface area (Å²) in [5.41, 5.74) is 0. The van der Waals surface area contributed by atoms with E-state index < -0.39 is 5.97 Å². The summed E-state index contributed by atoms with van der Waals surface area (Å²) in [6.45, 7) is -0.115. The molecule has 4 heteroatoms. The van der Waals surface area contributed by atoms with Gasteiger partial charge in [-0.15, -0.1) is 0 Å². The first-order valence-electron chi connectivity index (χ1n) is 7.68. The third-order valence-electron chi connectivity index (χ3n) is 4.58. The van der Waals surface area contributed by atoms with Crippen molar-refractivity contribution in [3.63, 3.8) is 0 Å². The molecule has 2 rings (SSSR count). The number of nitrogens with zero attached hydrogens (tertiary/aromatic N) is 1. The molecule has 0 bridgehead atoms. The average Bonchev–Trinajstić information content (AvgIpc) is 2.90. The summed E-state index contributed by atoms with van der Waals surface area (Å²) >= 11 is 0. The molecule has 4 nitrogen and oxygen atoms in total. The van der Waals surface area contributed by atoms with Crippen molar-refractivity contribution in [1.82, 2.24) is 4.90 Å². The van der Waals surface area contributed by atoms with E-state index in [9.17, 15) is 9.59 Å². The summed E-state index contributed by atoms with van der Waals surface area (Å²) in [6, 6.07) is 0.173. The number of hydrogen-bond donors (Lipinski definition) is 1. The number of hydrogen-bond acceptors (Lipinski definition) is 2. The van der Waals surface area contributed by atoms with Crippen molar-refractivity contribution >= 4 is 11.9 Å². The van der Waals surface area contributed by atoms with E-state index in [-0.39, 0.29) is 18.5 Å². The minimum absolute atomic E-state index is 0.0706. The van der Waals surface area contributed by atoms with Crippen LogP contribution >= 0.6 is 0 Å². The van der Waals surface area contributed by atoms with Crippen LogP contribution in [0, 0.1) is 5.92 Å². The number of carbonyl (C=O) groups excluding carboxylic acids is 1. The lowest BCUT2D eigenvalue weighted by atomic mass is 9.86. The minimum Gasteiger partial charge on any atom is -0.480 e. The first-order chi connectivity index (χ1) is 9.16. The molecule has 0 atom stereocenters. The van der Waals surface area contributed by atoms with Gasteiger partial charge in [0.2, 0.25) is 5.91 Å². The SMILES string of the molecule is O=C(O)CN(C(=O)CC1CCCCC1)C1CCCC1. The number of carbonyl (C=O) groups is 2. The quantitative estimate of drug-likeness (QED) is 0.833. The van der Waals surface area contributed by atoms with E-state index in [0.717, 1.165) is 38.5 Å². The number of amides is 1. The molecule has 2 aliphatic rings. The van der Waals surface area contributed by atoms with Crippen molar-refractivity contribution in [3.8, 4) is 0 Å². The third kappa shape index (κ3) is 4.22. The van der Waals surface area contributed by atoms with E-state index in [1.165, 1.54) is 19.3 Å². The lowest BCUT2D eigenvalue weighted by Gasteiger charge is -2.30. The van der Waals surface area contributed by atoms with Crippen molar-refractivity contribution in [2.75, 3.05) is 6.54 Å². The Morgan fingerprint density at radius 3 is 2.11 bits per heavy atom. The van der Waals surface area contributed by atoms with Gasteiger partial charge in [-0.3, -0.25) is 9.59 Å². The van der Waals surface area contributed by atoms with Crippen molar-refractivity contribution in [2.45, 2.75) is 70.3 Å². The van der Waals surface area contributed by atoms with Crippen molar-refractivity contribution < 1.29 is 14.7 Å². The van der Waals surface area contributed by atoms with Gasteiger partial charge in [-0.05, 0) is 31.6 Å². The minimum atomic E-state index is -0.885. The van der Waals surface area contributed by atoms with E-state index in [4.69, 9.17) is 5.11 Å². The Labute approximate surface area is 115 Å². The lowest BCUT2D eigenvalue weighted by molar-refractivity contribution is -0.146. The Bertz CT molecular complexity index is 317. The van der Waals surface area contributed by atoms with Gasteiger partial charge in [-0.1, -0.05) is 32.1 Å². The summed E-state index contributed by atoms with van der Waals surface area (Å²) in [7, 11) is 0. The maximum atomic E-state index is 12.4. The van der Waals surface area contributed by atoms with Crippen LogP contribution < -0.4 is 0 Å². The summed E-state index contributed by atoms with van der Waals surface area (Å²) in [4.78, 5) is 25.0. The van der Waals surface area contributed by atoms with Gasteiger partial charge in [0.1, 0.15) is 6.54 Å². The van der Waals surface area contributed by atoms with Crippen LogP contribution in [-0.4, -0.2) is 34.5 Å². The molecule has 0 heterocycles. The van der Waals surface area contributed by atoms with Crippen LogP contribution in [0.2, 0.25) is 0 Å². The van der Waals surface area contributed by atoms with Gasteiger partial charge in [0.15, 0.2) is 0 Å². The highest BCUT2D eigenvalue weighted by atomic mass is 16.4. The highest BCUT2D eigenvalue weighted by Crippen LogP contribution is 2.29. The third-order valence-corrected chi connectivity index (χ3v) is 4.58. The number of rotatable bonds is 5. The van der Waals surface area contributed by atoms with Gasteiger partial charge in [-0.25, -0.2) is 0 Å². The maximum Gasteiger partial charge on any atom is 0.323 e. The van der Waals surface area contributed by atoms with E-state index >= 15 is 0 Å². The first-order valence-corrected chi connectivity index (χ1v) is 7.68. The fourth-order valence-corrected chi connectivity index (χ4v) is 3.54. The van der Waals surface area contributed by atoms with Gasteiger partial charge in [-0.2, -0.15) is 0 Å². The highest BCUT2D eigenvalue weighted by Gasteiger charge is 2.29. The topological polar surface area (TPSA) is 57.6 Å². The zero-order valence-electron chi connectivity index (χ0n) is 11.6. The fourth-order valence-electron chi connectivity index (χ4n) is 3.54. The smallest absolute Gasteiger partial charge is 0.323 e. The van der Waals surface area contributed by atoms with Gasteiger partial charge < -0.3 is 10.0 Å². The second-order valence-corrected chi connectivity index (χ2v) is 6.06. The Balaban J connectivity index is 1.91. The van der Waals surface area contributed by atoms with Crippen LogP contribution in [0.1, 0.15) is 64.2 Å². The molecule has 2 fully saturated rings. The first kappa shape index (κ1) is 14.4. The van der Waals surface area contributed by atoms with Gasteiger partial charge >= 0.3 is 5.97 Å². The normalized spacial score (nSPS) is 21.5.